The van der Waals surface area contributed by atoms with Crippen LogP contribution in [0, 0.1) is 0 Å². The van der Waals surface area contributed by atoms with Gasteiger partial charge >= 0.3 is 12.5 Å². The Balaban J connectivity index is 1.62. The number of nitrogens with zero attached hydrogens (tertiary/aromatic N) is 4. The molecule has 8 nitrogen and oxygen atoms in total. The summed E-state index contributed by atoms with van der Waals surface area (Å²) in [7, 11) is 0. The average molecular weight is 427 g/mol. The first-order chi connectivity index (χ1) is 14.0. The van der Waals surface area contributed by atoms with Crippen LogP contribution in [0.5, 0.6) is 5.75 Å². The molecule has 1 aromatic carbocycles. The summed E-state index contributed by atoms with van der Waals surface area (Å²) in [6.07, 6.45) is -2.05. The molecule has 1 amide bonds. The Kier molecular flexibility index (Phi) is 6.09. The van der Waals surface area contributed by atoms with E-state index in [9.17, 15) is 18.0 Å². The van der Waals surface area contributed by atoms with E-state index < -0.39 is 18.1 Å². The Morgan fingerprint density at radius 2 is 1.90 bits per heavy atom. The Bertz CT molecular complexity index is 862. The van der Waals surface area contributed by atoms with Crippen LogP contribution in [0.1, 0.15) is 33.6 Å². The minimum absolute atomic E-state index is 0.0978. The number of nitrogens with one attached hydrogen (secondary N) is 1. The number of piperidine rings is 1. The molecule has 0 radical (unpaired) electrons. The van der Waals surface area contributed by atoms with E-state index in [4.69, 9.17) is 4.74 Å². The highest BCUT2D eigenvalue weighted by Gasteiger charge is 2.31. The van der Waals surface area contributed by atoms with E-state index in [-0.39, 0.29) is 11.8 Å². The van der Waals surface area contributed by atoms with Crippen LogP contribution >= 0.6 is 0 Å². The van der Waals surface area contributed by atoms with E-state index in [0.717, 1.165) is 19.4 Å². The highest BCUT2D eigenvalue weighted by Crippen LogP contribution is 2.24. The van der Waals surface area contributed by atoms with Gasteiger partial charge in [0.15, 0.2) is 0 Å². The average Bonchev–Trinajstić information content (AvgIpc) is 3.09. The summed E-state index contributed by atoms with van der Waals surface area (Å²) in [5.41, 5.74) is -0.0249. The first-order valence-corrected chi connectivity index (χ1v) is 9.51. The van der Waals surface area contributed by atoms with Gasteiger partial charge in [-0.05, 0) is 57.9 Å². The van der Waals surface area contributed by atoms with Crippen molar-refractivity contribution in [3.63, 3.8) is 0 Å². The molecular formula is C19H24F3N5O3. The Labute approximate surface area is 172 Å². The quantitative estimate of drug-likeness (QED) is 0.802. The summed E-state index contributed by atoms with van der Waals surface area (Å²) in [4.78, 5) is 18.2. The molecule has 1 atom stereocenters. The number of hydrogen-bond acceptors (Lipinski definition) is 6. The zero-order chi connectivity index (χ0) is 21.9. The molecule has 1 fully saturated rings. The van der Waals surface area contributed by atoms with Gasteiger partial charge in [-0.3, -0.25) is 0 Å². The van der Waals surface area contributed by atoms with E-state index in [2.05, 4.69) is 20.1 Å². The van der Waals surface area contributed by atoms with Crippen molar-refractivity contribution >= 4 is 12.0 Å². The number of ether oxygens (including phenoxy) is 2. The fraction of sp³-hybridized carbons (Fsp3) is 0.526. The third-order valence-electron chi connectivity index (χ3n) is 4.24. The van der Waals surface area contributed by atoms with Crippen molar-refractivity contribution < 1.29 is 27.4 Å². The second-order valence-electron chi connectivity index (χ2n) is 7.96. The van der Waals surface area contributed by atoms with E-state index in [1.54, 1.807) is 20.8 Å². The van der Waals surface area contributed by atoms with Gasteiger partial charge in [-0.15, -0.1) is 18.3 Å². The second kappa shape index (κ2) is 8.41. The van der Waals surface area contributed by atoms with Crippen molar-refractivity contribution in [1.29, 1.82) is 0 Å². The van der Waals surface area contributed by atoms with Gasteiger partial charge in [0.25, 0.3) is 0 Å². The standard InChI is InChI=1S/C19H24F3N5O3/c1-18(2,3)30-17(28)24-13-5-4-10-26(11-13)16-23-12-27(25-16)14-6-8-15(9-7-14)29-19(20,21)22/h6-9,12-13H,4-5,10-11H2,1-3H3,(H,24,28). The largest absolute Gasteiger partial charge is 0.573 e. The maximum atomic E-state index is 12.3. The van der Waals surface area contributed by atoms with Crippen LogP contribution in [-0.4, -0.2) is 52.0 Å². The Hall–Kier alpha value is -2.98. The van der Waals surface area contributed by atoms with Crippen molar-refractivity contribution in [3.05, 3.63) is 30.6 Å². The minimum atomic E-state index is -4.74. The summed E-state index contributed by atoms with van der Waals surface area (Å²) >= 11 is 0. The molecule has 0 spiro atoms. The van der Waals surface area contributed by atoms with Crippen LogP contribution in [0.2, 0.25) is 0 Å². The van der Waals surface area contributed by atoms with Gasteiger partial charge in [-0.2, -0.15) is 4.98 Å². The summed E-state index contributed by atoms with van der Waals surface area (Å²) in [6, 6.07) is 5.25. The van der Waals surface area contributed by atoms with Gasteiger partial charge in [-0.1, -0.05) is 0 Å². The summed E-state index contributed by atoms with van der Waals surface area (Å²) in [5, 5.41) is 7.27. The van der Waals surface area contributed by atoms with Gasteiger partial charge < -0.3 is 19.7 Å². The number of carbonyl (C=O) groups excluding carboxylic acids is 1. The van der Waals surface area contributed by atoms with E-state index in [1.165, 1.54) is 35.3 Å². The first-order valence-electron chi connectivity index (χ1n) is 9.51. The second-order valence-corrected chi connectivity index (χ2v) is 7.96. The lowest BCUT2D eigenvalue weighted by Gasteiger charge is -2.32. The van der Waals surface area contributed by atoms with Gasteiger partial charge in [-0.25, -0.2) is 9.48 Å². The van der Waals surface area contributed by atoms with Gasteiger partial charge in [0, 0.05) is 19.1 Å². The maximum absolute atomic E-state index is 12.3. The summed E-state index contributed by atoms with van der Waals surface area (Å²) in [6.45, 7) is 6.67. The topological polar surface area (TPSA) is 81.5 Å². The van der Waals surface area contributed by atoms with E-state index in [0.29, 0.717) is 18.2 Å². The third kappa shape index (κ3) is 6.26. The minimum Gasteiger partial charge on any atom is -0.444 e. The Morgan fingerprint density at radius 1 is 1.20 bits per heavy atom. The lowest BCUT2D eigenvalue weighted by Crippen LogP contribution is -2.49. The lowest BCUT2D eigenvalue weighted by molar-refractivity contribution is -0.274. The number of anilines is 1. The highest BCUT2D eigenvalue weighted by molar-refractivity contribution is 5.68. The summed E-state index contributed by atoms with van der Waals surface area (Å²) < 4.78 is 47.5. The molecule has 1 N–H and O–H groups in total. The normalized spacial score (nSPS) is 17.5. The molecule has 3 rings (SSSR count). The fourth-order valence-corrected chi connectivity index (χ4v) is 3.08. The number of alkyl carbamates (subject to hydrolysis) is 1. The number of halogens is 3. The predicted octanol–water partition coefficient (Wildman–Crippen LogP) is 3.66. The molecule has 1 aliphatic heterocycles. The maximum Gasteiger partial charge on any atom is 0.573 e. The molecule has 30 heavy (non-hydrogen) atoms. The SMILES string of the molecule is CC(C)(C)OC(=O)NC1CCCN(c2ncn(-c3ccc(OC(F)(F)F)cc3)n2)C1. The molecule has 1 aliphatic rings. The van der Waals surface area contributed by atoms with Gasteiger partial charge in [0.2, 0.25) is 5.95 Å². The number of amides is 1. The molecule has 0 saturated carbocycles. The molecule has 2 aromatic rings. The first kappa shape index (κ1) is 21.7. The van der Waals surface area contributed by atoms with Crippen LogP contribution < -0.4 is 15.0 Å². The fourth-order valence-electron chi connectivity index (χ4n) is 3.08. The smallest absolute Gasteiger partial charge is 0.444 e. The molecule has 2 heterocycles. The number of hydrogen-bond donors (Lipinski definition) is 1. The van der Waals surface area contributed by atoms with Gasteiger partial charge in [0.05, 0.1) is 5.69 Å². The molecule has 11 heteroatoms. The van der Waals surface area contributed by atoms with Crippen LogP contribution in [0.25, 0.3) is 5.69 Å². The molecular weight excluding hydrogens is 403 g/mol. The molecule has 1 unspecified atom stereocenters. The van der Waals surface area contributed by atoms with Crippen molar-refractivity contribution in [1.82, 2.24) is 20.1 Å². The summed E-state index contributed by atoms with van der Waals surface area (Å²) in [5.74, 6) is 0.167. The van der Waals surface area contributed by atoms with Crippen molar-refractivity contribution in [2.24, 2.45) is 0 Å². The number of alkyl halides is 3. The zero-order valence-corrected chi connectivity index (χ0v) is 16.9. The highest BCUT2D eigenvalue weighted by atomic mass is 19.4. The third-order valence-corrected chi connectivity index (χ3v) is 4.24. The number of carbonyl (C=O) groups is 1. The van der Waals surface area contributed by atoms with Crippen LogP contribution in [0.3, 0.4) is 0 Å². The van der Waals surface area contributed by atoms with Gasteiger partial charge in [0.1, 0.15) is 17.7 Å². The van der Waals surface area contributed by atoms with Crippen LogP contribution in [-0.2, 0) is 4.74 Å². The lowest BCUT2D eigenvalue weighted by atomic mass is 10.1. The molecule has 1 aromatic heterocycles. The molecule has 0 bridgehead atoms. The number of benzene rings is 1. The van der Waals surface area contributed by atoms with E-state index >= 15 is 0 Å². The molecule has 164 valence electrons. The Morgan fingerprint density at radius 3 is 2.53 bits per heavy atom. The monoisotopic (exact) mass is 427 g/mol. The van der Waals surface area contributed by atoms with E-state index in [1.807, 2.05) is 4.90 Å². The number of rotatable bonds is 4. The van der Waals surface area contributed by atoms with Crippen molar-refractivity contribution in [2.45, 2.75) is 51.6 Å². The van der Waals surface area contributed by atoms with Crippen molar-refractivity contribution in [3.8, 4) is 11.4 Å². The molecule has 1 saturated heterocycles. The zero-order valence-electron chi connectivity index (χ0n) is 16.9. The van der Waals surface area contributed by atoms with Crippen LogP contribution in [0.15, 0.2) is 30.6 Å². The molecule has 0 aliphatic carbocycles. The predicted molar refractivity (Wildman–Crippen MR) is 103 cm³/mol. The van der Waals surface area contributed by atoms with Crippen LogP contribution in [0.4, 0.5) is 23.9 Å². The number of aromatic nitrogens is 3. The van der Waals surface area contributed by atoms with Crippen molar-refractivity contribution in [2.75, 3.05) is 18.0 Å².